The lowest BCUT2D eigenvalue weighted by Gasteiger charge is -2.21. The van der Waals surface area contributed by atoms with Gasteiger partial charge in [-0.05, 0) is 61.9 Å². The summed E-state index contributed by atoms with van der Waals surface area (Å²) in [4.78, 5) is 19.0. The maximum atomic E-state index is 13.0. The molecule has 0 atom stereocenters. The van der Waals surface area contributed by atoms with E-state index in [-0.39, 0.29) is 11.7 Å². The molecule has 0 radical (unpaired) electrons. The number of benzene rings is 2. The van der Waals surface area contributed by atoms with E-state index in [1.807, 2.05) is 24.3 Å². The van der Waals surface area contributed by atoms with Gasteiger partial charge in [0.1, 0.15) is 5.82 Å². The third kappa shape index (κ3) is 5.54. The van der Waals surface area contributed by atoms with Gasteiger partial charge in [0.2, 0.25) is 0 Å². The molecular formula is C23H25FN4O. The van der Waals surface area contributed by atoms with Crippen molar-refractivity contribution in [1.29, 1.82) is 0 Å². The fraction of sp³-hybridized carbons (Fsp3) is 0.217. The summed E-state index contributed by atoms with van der Waals surface area (Å²) in [6, 6.07) is 15.8. The van der Waals surface area contributed by atoms with Crippen LogP contribution in [0.1, 0.15) is 29.8 Å². The molecular weight excluding hydrogens is 367 g/mol. The summed E-state index contributed by atoms with van der Waals surface area (Å²) in [5.74, 6) is -0.488. The molecule has 1 aromatic heterocycles. The van der Waals surface area contributed by atoms with Crippen LogP contribution in [0.25, 0.3) is 0 Å². The first kappa shape index (κ1) is 20.3. The van der Waals surface area contributed by atoms with Crippen molar-refractivity contribution in [2.75, 3.05) is 28.6 Å². The molecule has 0 aliphatic rings. The lowest BCUT2D eigenvalue weighted by Crippen LogP contribution is -2.21. The number of amides is 1. The Balaban J connectivity index is 1.62. The Morgan fingerprint density at radius 3 is 2.31 bits per heavy atom. The van der Waals surface area contributed by atoms with Crippen LogP contribution in [0.15, 0.2) is 67.0 Å². The predicted molar refractivity (Wildman–Crippen MR) is 116 cm³/mol. The van der Waals surface area contributed by atoms with E-state index in [4.69, 9.17) is 0 Å². The minimum Gasteiger partial charge on any atom is -0.380 e. The summed E-state index contributed by atoms with van der Waals surface area (Å²) >= 11 is 0. The third-order valence-electron chi connectivity index (χ3n) is 4.66. The van der Waals surface area contributed by atoms with E-state index in [9.17, 15) is 9.18 Å². The molecule has 0 bridgehead atoms. The topological polar surface area (TPSA) is 57.3 Å². The molecule has 0 unspecified atom stereocenters. The summed E-state index contributed by atoms with van der Waals surface area (Å²) < 4.78 is 13.0. The van der Waals surface area contributed by atoms with E-state index in [1.54, 1.807) is 24.4 Å². The zero-order valence-corrected chi connectivity index (χ0v) is 16.7. The molecule has 29 heavy (non-hydrogen) atoms. The van der Waals surface area contributed by atoms with Gasteiger partial charge in [0, 0.05) is 43.4 Å². The summed E-state index contributed by atoms with van der Waals surface area (Å²) in [6.07, 6.45) is 3.18. The first-order valence-corrected chi connectivity index (χ1v) is 9.68. The van der Waals surface area contributed by atoms with Crippen molar-refractivity contribution in [3.63, 3.8) is 0 Å². The van der Waals surface area contributed by atoms with Crippen molar-refractivity contribution >= 4 is 23.0 Å². The number of rotatable bonds is 8. The van der Waals surface area contributed by atoms with Gasteiger partial charge in [-0.1, -0.05) is 12.1 Å². The highest BCUT2D eigenvalue weighted by Gasteiger charge is 2.09. The molecule has 3 aromatic rings. The van der Waals surface area contributed by atoms with Crippen molar-refractivity contribution in [1.82, 2.24) is 4.98 Å². The molecule has 1 heterocycles. The van der Waals surface area contributed by atoms with Gasteiger partial charge in [0.25, 0.3) is 5.91 Å². The molecule has 0 saturated heterocycles. The third-order valence-corrected chi connectivity index (χ3v) is 4.66. The monoisotopic (exact) mass is 392 g/mol. The second-order valence-electron chi connectivity index (χ2n) is 6.62. The molecule has 0 aliphatic carbocycles. The molecule has 150 valence electrons. The number of pyridine rings is 1. The fourth-order valence-electron chi connectivity index (χ4n) is 3.01. The number of carbonyl (C=O) groups is 1. The summed E-state index contributed by atoms with van der Waals surface area (Å²) in [5.41, 5.74) is 3.98. The quantitative estimate of drug-likeness (QED) is 0.571. The number of nitrogens with zero attached hydrogens (tertiary/aromatic N) is 2. The van der Waals surface area contributed by atoms with Crippen LogP contribution in [0.2, 0.25) is 0 Å². The van der Waals surface area contributed by atoms with Crippen LogP contribution in [0, 0.1) is 5.82 Å². The van der Waals surface area contributed by atoms with E-state index >= 15 is 0 Å². The van der Waals surface area contributed by atoms with Gasteiger partial charge in [0.15, 0.2) is 0 Å². The van der Waals surface area contributed by atoms with Crippen LogP contribution in [-0.4, -0.2) is 24.0 Å². The first-order valence-electron chi connectivity index (χ1n) is 9.68. The van der Waals surface area contributed by atoms with Gasteiger partial charge in [-0.3, -0.25) is 9.78 Å². The van der Waals surface area contributed by atoms with Crippen molar-refractivity contribution < 1.29 is 9.18 Å². The van der Waals surface area contributed by atoms with Crippen molar-refractivity contribution in [2.45, 2.75) is 20.4 Å². The van der Waals surface area contributed by atoms with Crippen molar-refractivity contribution in [3.05, 3.63) is 83.9 Å². The van der Waals surface area contributed by atoms with E-state index < -0.39 is 0 Å². The highest BCUT2D eigenvalue weighted by Crippen LogP contribution is 2.19. The smallest absolute Gasteiger partial charge is 0.257 e. The molecule has 2 N–H and O–H groups in total. The Kier molecular flexibility index (Phi) is 6.79. The van der Waals surface area contributed by atoms with Gasteiger partial charge >= 0.3 is 0 Å². The number of nitrogens with one attached hydrogen (secondary N) is 2. The number of hydrogen-bond donors (Lipinski definition) is 2. The van der Waals surface area contributed by atoms with Crippen molar-refractivity contribution in [2.24, 2.45) is 0 Å². The lowest BCUT2D eigenvalue weighted by molar-refractivity contribution is 0.102. The number of hydrogen-bond acceptors (Lipinski definition) is 4. The van der Waals surface area contributed by atoms with Gasteiger partial charge in [0.05, 0.1) is 11.3 Å². The highest BCUT2D eigenvalue weighted by atomic mass is 19.1. The summed E-state index contributed by atoms with van der Waals surface area (Å²) in [7, 11) is 0. The standard InChI is InChI=1S/C23H25FN4O/c1-3-28(4-2)22-11-9-20(10-12-22)27-23(29)18-13-21(16-25-15-18)26-14-17-5-7-19(24)8-6-17/h5-13,15-16,26H,3-4,14H2,1-2H3,(H,27,29). The normalized spacial score (nSPS) is 10.4. The zero-order chi connectivity index (χ0) is 20.6. The number of halogens is 1. The number of carbonyl (C=O) groups excluding carboxylic acids is 1. The summed E-state index contributed by atoms with van der Waals surface area (Å²) in [5, 5.41) is 6.10. The fourth-order valence-corrected chi connectivity index (χ4v) is 3.01. The molecule has 2 aromatic carbocycles. The maximum Gasteiger partial charge on any atom is 0.257 e. The summed E-state index contributed by atoms with van der Waals surface area (Å²) in [6.45, 7) is 6.61. The Labute approximate surface area is 170 Å². The minimum atomic E-state index is -0.265. The Morgan fingerprint density at radius 1 is 0.966 bits per heavy atom. The first-order chi connectivity index (χ1) is 14.1. The van der Waals surface area contributed by atoms with Crippen LogP contribution in [0.3, 0.4) is 0 Å². The SMILES string of the molecule is CCN(CC)c1ccc(NC(=O)c2cncc(NCc3ccc(F)cc3)c2)cc1. The van der Waals surface area contributed by atoms with Crippen LogP contribution in [0.5, 0.6) is 0 Å². The second-order valence-corrected chi connectivity index (χ2v) is 6.62. The van der Waals surface area contributed by atoms with E-state index in [2.05, 4.69) is 34.4 Å². The number of anilines is 3. The van der Waals surface area contributed by atoms with Crippen LogP contribution < -0.4 is 15.5 Å². The molecule has 0 aliphatic heterocycles. The highest BCUT2D eigenvalue weighted by molar-refractivity contribution is 6.04. The molecule has 0 saturated carbocycles. The van der Waals surface area contributed by atoms with Crippen LogP contribution in [-0.2, 0) is 6.54 Å². The Hall–Kier alpha value is -3.41. The Morgan fingerprint density at radius 2 is 1.66 bits per heavy atom. The van der Waals surface area contributed by atoms with Gasteiger partial charge in [-0.25, -0.2) is 4.39 Å². The average molecular weight is 392 g/mol. The average Bonchev–Trinajstić information content (AvgIpc) is 2.75. The van der Waals surface area contributed by atoms with Crippen LogP contribution >= 0.6 is 0 Å². The van der Waals surface area contributed by atoms with Crippen LogP contribution in [0.4, 0.5) is 21.5 Å². The van der Waals surface area contributed by atoms with Gasteiger partial charge in [-0.15, -0.1) is 0 Å². The minimum absolute atomic E-state index is 0.224. The van der Waals surface area contributed by atoms with Gasteiger partial charge in [-0.2, -0.15) is 0 Å². The molecule has 5 nitrogen and oxygen atoms in total. The molecule has 1 amide bonds. The molecule has 3 rings (SSSR count). The maximum absolute atomic E-state index is 13.0. The lowest BCUT2D eigenvalue weighted by atomic mass is 10.2. The van der Waals surface area contributed by atoms with Crippen molar-refractivity contribution in [3.8, 4) is 0 Å². The second kappa shape index (κ2) is 9.68. The number of aromatic nitrogens is 1. The van der Waals surface area contributed by atoms with E-state index in [0.717, 1.165) is 35.7 Å². The molecule has 6 heteroatoms. The van der Waals surface area contributed by atoms with E-state index in [1.165, 1.54) is 18.3 Å². The van der Waals surface area contributed by atoms with E-state index in [0.29, 0.717) is 12.1 Å². The molecule has 0 fully saturated rings. The van der Waals surface area contributed by atoms with Gasteiger partial charge < -0.3 is 15.5 Å². The predicted octanol–water partition coefficient (Wildman–Crippen LogP) is 4.93. The Bertz CT molecular complexity index is 938. The molecule has 0 spiro atoms. The zero-order valence-electron chi connectivity index (χ0n) is 16.7. The largest absolute Gasteiger partial charge is 0.380 e.